The second-order valence-electron chi connectivity index (χ2n) is 16.8. The quantitative estimate of drug-likeness (QED) is 0.369. The van der Waals surface area contributed by atoms with E-state index in [1.807, 2.05) is 5.57 Å². The fourth-order valence-corrected chi connectivity index (χ4v) is 9.12. The van der Waals surface area contributed by atoms with Gasteiger partial charge in [0.25, 0.3) is 0 Å². The van der Waals surface area contributed by atoms with Crippen LogP contribution in [-0.4, -0.2) is 0 Å². The lowest BCUT2D eigenvalue weighted by Crippen LogP contribution is -2.41. The Kier molecular flexibility index (Phi) is 5.89. The molecule has 2 aromatic carbocycles. The molecular weight excluding hydrogens is 468 g/mol. The van der Waals surface area contributed by atoms with Crippen LogP contribution in [0.25, 0.3) is 11.1 Å². The van der Waals surface area contributed by atoms with Crippen LogP contribution >= 0.6 is 0 Å². The Morgan fingerprint density at radius 3 is 1.72 bits per heavy atom. The van der Waals surface area contributed by atoms with Crippen LogP contribution in [0.5, 0.6) is 0 Å². The molecule has 0 saturated heterocycles. The third-order valence-corrected chi connectivity index (χ3v) is 11.2. The Labute approximate surface area is 239 Å². The molecule has 0 aromatic heterocycles. The fraction of sp³-hybridized carbons (Fsp3) is 0.590. The van der Waals surface area contributed by atoms with Gasteiger partial charge in [0.2, 0.25) is 0 Å². The van der Waals surface area contributed by atoms with Crippen molar-refractivity contribution in [2.24, 2.45) is 28.6 Å². The third kappa shape index (κ3) is 3.83. The van der Waals surface area contributed by atoms with Crippen LogP contribution in [0, 0.1) is 28.6 Å². The Hall–Kier alpha value is -2.08. The second-order valence-corrected chi connectivity index (χ2v) is 16.8. The molecule has 4 aliphatic rings. The highest BCUT2D eigenvalue weighted by atomic mass is 14.7. The summed E-state index contributed by atoms with van der Waals surface area (Å²) in [5.74, 6) is 2.54. The molecule has 39 heavy (non-hydrogen) atoms. The van der Waals surface area contributed by atoms with E-state index in [1.165, 1.54) is 47.9 Å². The van der Waals surface area contributed by atoms with Gasteiger partial charge in [0.1, 0.15) is 0 Å². The molecule has 1 fully saturated rings. The smallest absolute Gasteiger partial charge is 0.0204 e. The molecule has 0 nitrogen and oxygen atoms in total. The van der Waals surface area contributed by atoms with Crippen molar-refractivity contribution in [1.82, 2.24) is 0 Å². The molecule has 0 spiro atoms. The highest BCUT2D eigenvalue weighted by molar-refractivity contribution is 5.82. The summed E-state index contributed by atoms with van der Waals surface area (Å²) in [5.41, 5.74) is 15.0. The van der Waals surface area contributed by atoms with Crippen LogP contribution < -0.4 is 0 Å². The van der Waals surface area contributed by atoms with E-state index in [4.69, 9.17) is 0 Å². The lowest BCUT2D eigenvalue weighted by molar-refractivity contribution is 0.119. The maximum absolute atomic E-state index is 2.72. The molecule has 208 valence electrons. The first-order valence-corrected chi connectivity index (χ1v) is 15.8. The summed E-state index contributed by atoms with van der Waals surface area (Å²) in [6.07, 6.45) is 8.10. The number of hydrogen-bond donors (Lipinski definition) is 0. The van der Waals surface area contributed by atoms with Crippen molar-refractivity contribution in [1.29, 1.82) is 0 Å². The standard InChI is InChI=1S/C39H52/c1-23(2)39(33-14-12-13-27(33)32-21-26(22-34(32)39)38(9,10)11)35-28-17-15-24(36(3,4)5)19-30(28)31-20-25(37(6,7)8)16-18-29(31)35/h15-20,22-23,27,33,35H,12-14,21H2,1-11H3. The summed E-state index contributed by atoms with van der Waals surface area (Å²) in [4.78, 5) is 0. The van der Waals surface area contributed by atoms with Gasteiger partial charge in [-0.2, -0.15) is 0 Å². The van der Waals surface area contributed by atoms with Crippen LogP contribution in [0.1, 0.15) is 130 Å². The van der Waals surface area contributed by atoms with Gasteiger partial charge in [0.15, 0.2) is 0 Å². The number of allylic oxidation sites excluding steroid dienone is 4. The van der Waals surface area contributed by atoms with Crippen molar-refractivity contribution in [2.45, 2.75) is 119 Å². The molecule has 0 heterocycles. The predicted octanol–water partition coefficient (Wildman–Crippen LogP) is 11.1. The van der Waals surface area contributed by atoms with Crippen LogP contribution in [0.15, 0.2) is 59.2 Å². The molecule has 1 saturated carbocycles. The zero-order valence-corrected chi connectivity index (χ0v) is 26.7. The first kappa shape index (κ1) is 27.1. The normalized spacial score (nSPS) is 26.7. The van der Waals surface area contributed by atoms with Crippen molar-refractivity contribution in [3.8, 4) is 11.1 Å². The average molecular weight is 521 g/mol. The fourth-order valence-electron chi connectivity index (χ4n) is 9.12. The Bertz CT molecular complexity index is 1320. The minimum Gasteiger partial charge on any atom is -0.0619 e. The van der Waals surface area contributed by atoms with Gasteiger partial charge in [-0.3, -0.25) is 0 Å². The number of benzene rings is 2. The molecule has 3 atom stereocenters. The molecule has 3 unspecified atom stereocenters. The molecule has 0 bridgehead atoms. The number of fused-ring (bicyclic) bond motifs is 5. The topological polar surface area (TPSA) is 0 Å². The largest absolute Gasteiger partial charge is 0.0619 e. The van der Waals surface area contributed by atoms with Gasteiger partial charge in [-0.25, -0.2) is 0 Å². The lowest BCUT2D eigenvalue weighted by atomic mass is 9.55. The predicted molar refractivity (Wildman–Crippen MR) is 168 cm³/mol. The molecule has 0 amide bonds. The van der Waals surface area contributed by atoms with Crippen LogP contribution in [0.2, 0.25) is 0 Å². The molecule has 4 aliphatic carbocycles. The number of hydrogen-bond acceptors (Lipinski definition) is 0. The maximum Gasteiger partial charge on any atom is 0.0204 e. The van der Waals surface area contributed by atoms with E-state index in [0.29, 0.717) is 11.8 Å². The molecule has 0 heteroatoms. The summed E-state index contributed by atoms with van der Waals surface area (Å²) in [6, 6.07) is 15.1. The van der Waals surface area contributed by atoms with Gasteiger partial charge >= 0.3 is 0 Å². The first-order chi connectivity index (χ1) is 18.1. The Morgan fingerprint density at radius 2 is 1.26 bits per heavy atom. The van der Waals surface area contributed by atoms with E-state index in [1.54, 1.807) is 22.3 Å². The monoisotopic (exact) mass is 520 g/mol. The molecule has 0 aliphatic heterocycles. The molecule has 2 aromatic rings. The molecule has 0 radical (unpaired) electrons. The van der Waals surface area contributed by atoms with E-state index >= 15 is 0 Å². The lowest BCUT2D eigenvalue weighted by Gasteiger charge is -2.47. The molecule has 6 rings (SSSR count). The Morgan fingerprint density at radius 1 is 0.718 bits per heavy atom. The zero-order chi connectivity index (χ0) is 28.3. The highest BCUT2D eigenvalue weighted by Gasteiger charge is 2.62. The van der Waals surface area contributed by atoms with Crippen molar-refractivity contribution >= 4 is 0 Å². The van der Waals surface area contributed by atoms with Crippen molar-refractivity contribution in [3.05, 3.63) is 81.4 Å². The summed E-state index contributed by atoms with van der Waals surface area (Å²) in [7, 11) is 0. The van der Waals surface area contributed by atoms with E-state index < -0.39 is 0 Å². The van der Waals surface area contributed by atoms with Crippen molar-refractivity contribution < 1.29 is 0 Å². The zero-order valence-electron chi connectivity index (χ0n) is 26.7. The van der Waals surface area contributed by atoms with E-state index in [9.17, 15) is 0 Å². The van der Waals surface area contributed by atoms with E-state index in [0.717, 1.165) is 11.8 Å². The van der Waals surface area contributed by atoms with Crippen molar-refractivity contribution in [2.75, 3.05) is 0 Å². The van der Waals surface area contributed by atoms with Crippen LogP contribution in [0.4, 0.5) is 0 Å². The van der Waals surface area contributed by atoms with Gasteiger partial charge < -0.3 is 0 Å². The van der Waals surface area contributed by atoms with Crippen molar-refractivity contribution in [3.63, 3.8) is 0 Å². The second kappa shape index (κ2) is 8.47. The highest BCUT2D eigenvalue weighted by Crippen LogP contribution is 2.72. The maximum atomic E-state index is 2.72. The van der Waals surface area contributed by atoms with Gasteiger partial charge in [-0.05, 0) is 92.2 Å². The Balaban J connectivity index is 1.65. The summed E-state index contributed by atoms with van der Waals surface area (Å²) < 4.78 is 0. The third-order valence-electron chi connectivity index (χ3n) is 11.2. The molecular formula is C39H52. The summed E-state index contributed by atoms with van der Waals surface area (Å²) >= 11 is 0. The van der Waals surface area contributed by atoms with Gasteiger partial charge in [-0.15, -0.1) is 0 Å². The van der Waals surface area contributed by atoms with Gasteiger partial charge in [-0.1, -0.05) is 136 Å². The molecule has 0 N–H and O–H groups in total. The van der Waals surface area contributed by atoms with E-state index in [-0.39, 0.29) is 21.7 Å². The first-order valence-electron chi connectivity index (χ1n) is 15.8. The van der Waals surface area contributed by atoms with Crippen LogP contribution in [0.3, 0.4) is 0 Å². The van der Waals surface area contributed by atoms with Gasteiger partial charge in [0, 0.05) is 11.3 Å². The summed E-state index contributed by atoms with van der Waals surface area (Å²) in [5, 5.41) is 0. The van der Waals surface area contributed by atoms with E-state index in [2.05, 4.69) is 119 Å². The average Bonchev–Trinajstić information content (AvgIpc) is 3.57. The minimum absolute atomic E-state index is 0.139. The SMILES string of the molecule is CC(C)C1(C2c3ccc(C(C)(C)C)cc3-c3cc(C(C)(C)C)ccc32)C2=C(CC(C(C)(C)C)=C2)C2CCCC21. The summed E-state index contributed by atoms with van der Waals surface area (Å²) in [6.45, 7) is 26.5. The van der Waals surface area contributed by atoms with Gasteiger partial charge in [0.05, 0.1) is 0 Å². The minimum atomic E-state index is 0.139. The number of rotatable bonds is 2. The van der Waals surface area contributed by atoms with Crippen LogP contribution in [-0.2, 0) is 10.8 Å².